The second-order valence-electron chi connectivity index (χ2n) is 4.77. The lowest BCUT2D eigenvalue weighted by Crippen LogP contribution is -2.36. The molecule has 0 saturated heterocycles. The number of phenolic OH excluding ortho intramolecular Hbond substituents is 1. The predicted molar refractivity (Wildman–Crippen MR) is 66.8 cm³/mol. The molecular formula is C13H18N2O2. The summed E-state index contributed by atoms with van der Waals surface area (Å²) >= 11 is 0. The topological polar surface area (TPSA) is 66.6 Å². The molecule has 1 saturated carbocycles. The van der Waals surface area contributed by atoms with Gasteiger partial charge in [-0.15, -0.1) is 0 Å². The third kappa shape index (κ3) is 2.35. The van der Waals surface area contributed by atoms with E-state index in [1.807, 2.05) is 0 Å². The second kappa shape index (κ2) is 4.28. The summed E-state index contributed by atoms with van der Waals surface area (Å²) in [5.74, 6) is 0.523. The molecule has 0 bridgehead atoms. The first-order valence-electron chi connectivity index (χ1n) is 5.86. The summed E-state index contributed by atoms with van der Waals surface area (Å²) in [6.07, 6.45) is 2.40. The number of anilines is 1. The number of rotatable bonds is 3. The van der Waals surface area contributed by atoms with Gasteiger partial charge in [0.25, 0.3) is 5.91 Å². The quantitative estimate of drug-likeness (QED) is 0.619. The smallest absolute Gasteiger partial charge is 0.253 e. The summed E-state index contributed by atoms with van der Waals surface area (Å²) in [5, 5.41) is 9.50. The number of carbonyl (C=O) groups is 1. The van der Waals surface area contributed by atoms with Gasteiger partial charge >= 0.3 is 0 Å². The molecule has 1 aliphatic rings. The van der Waals surface area contributed by atoms with E-state index in [4.69, 9.17) is 5.73 Å². The molecule has 92 valence electrons. The second-order valence-corrected chi connectivity index (χ2v) is 4.77. The average molecular weight is 234 g/mol. The average Bonchev–Trinajstić information content (AvgIpc) is 3.14. The maximum Gasteiger partial charge on any atom is 0.253 e. The van der Waals surface area contributed by atoms with Crippen LogP contribution in [0, 0.1) is 5.92 Å². The fourth-order valence-corrected chi connectivity index (χ4v) is 1.96. The van der Waals surface area contributed by atoms with Gasteiger partial charge in [0.1, 0.15) is 5.75 Å². The molecule has 3 N–H and O–H groups in total. The summed E-state index contributed by atoms with van der Waals surface area (Å²) in [6.45, 7) is 2.06. The molecule has 0 aliphatic heterocycles. The normalized spacial score (nSPS) is 16.6. The van der Waals surface area contributed by atoms with E-state index in [9.17, 15) is 9.90 Å². The Morgan fingerprint density at radius 3 is 2.71 bits per heavy atom. The van der Waals surface area contributed by atoms with Crippen LogP contribution >= 0.6 is 0 Å². The van der Waals surface area contributed by atoms with Gasteiger partial charge in [0.05, 0.1) is 5.69 Å². The van der Waals surface area contributed by atoms with Gasteiger partial charge in [0.2, 0.25) is 0 Å². The van der Waals surface area contributed by atoms with Crippen molar-refractivity contribution in [3.63, 3.8) is 0 Å². The molecule has 4 heteroatoms. The van der Waals surface area contributed by atoms with Crippen LogP contribution in [-0.4, -0.2) is 29.0 Å². The van der Waals surface area contributed by atoms with Gasteiger partial charge in [-0.2, -0.15) is 0 Å². The van der Waals surface area contributed by atoms with Gasteiger partial charge in [-0.1, -0.05) is 0 Å². The molecule has 4 nitrogen and oxygen atoms in total. The number of aromatic hydroxyl groups is 1. The fraction of sp³-hybridized carbons (Fsp3) is 0.462. The zero-order chi connectivity index (χ0) is 12.6. The summed E-state index contributed by atoms with van der Waals surface area (Å²) in [5.41, 5.74) is 6.28. The Bertz CT molecular complexity index is 441. The molecule has 0 aromatic heterocycles. The molecule has 2 rings (SSSR count). The number of hydrogen-bond acceptors (Lipinski definition) is 3. The molecule has 1 unspecified atom stereocenters. The van der Waals surface area contributed by atoms with E-state index in [1.165, 1.54) is 18.9 Å². The molecule has 1 fully saturated rings. The molecule has 0 spiro atoms. The number of nitrogens with two attached hydrogens (primary N) is 1. The largest absolute Gasteiger partial charge is 0.506 e. The molecule has 1 atom stereocenters. The van der Waals surface area contributed by atoms with Gasteiger partial charge in [0.15, 0.2) is 0 Å². The van der Waals surface area contributed by atoms with Gasteiger partial charge in [-0.05, 0) is 43.9 Å². The summed E-state index contributed by atoms with van der Waals surface area (Å²) in [6, 6.07) is 4.88. The Labute approximate surface area is 101 Å². The van der Waals surface area contributed by atoms with Gasteiger partial charge < -0.3 is 15.7 Å². The van der Waals surface area contributed by atoms with E-state index in [0.717, 1.165) is 0 Å². The first kappa shape index (κ1) is 11.8. The van der Waals surface area contributed by atoms with Crippen LogP contribution in [-0.2, 0) is 0 Å². The van der Waals surface area contributed by atoms with Crippen LogP contribution < -0.4 is 5.73 Å². The Morgan fingerprint density at radius 2 is 2.18 bits per heavy atom. The summed E-state index contributed by atoms with van der Waals surface area (Å²) in [4.78, 5) is 13.9. The van der Waals surface area contributed by atoms with E-state index in [1.54, 1.807) is 24.1 Å². The van der Waals surface area contributed by atoms with Crippen molar-refractivity contribution in [2.45, 2.75) is 25.8 Å². The summed E-state index contributed by atoms with van der Waals surface area (Å²) < 4.78 is 0. The molecule has 0 heterocycles. The highest BCUT2D eigenvalue weighted by atomic mass is 16.3. The van der Waals surface area contributed by atoms with E-state index < -0.39 is 0 Å². The van der Waals surface area contributed by atoms with Gasteiger partial charge in [0, 0.05) is 18.7 Å². The van der Waals surface area contributed by atoms with Crippen LogP contribution in [0.25, 0.3) is 0 Å². The standard InChI is InChI=1S/C13H18N2O2/c1-8(9-3-4-9)15(2)13(17)10-5-6-11(14)12(16)7-10/h5-9,16H,3-4,14H2,1-2H3. The predicted octanol–water partition coefficient (Wildman–Crippen LogP) is 1.84. The van der Waals surface area contributed by atoms with Crippen molar-refractivity contribution in [3.05, 3.63) is 23.8 Å². The Kier molecular flexibility index (Phi) is 2.96. The Hall–Kier alpha value is -1.71. The fourth-order valence-electron chi connectivity index (χ4n) is 1.96. The van der Waals surface area contributed by atoms with E-state index in [2.05, 4.69) is 6.92 Å². The van der Waals surface area contributed by atoms with Crippen LogP contribution in [0.2, 0.25) is 0 Å². The van der Waals surface area contributed by atoms with Crippen molar-refractivity contribution >= 4 is 11.6 Å². The number of phenols is 1. The minimum absolute atomic E-state index is 0.0386. The molecule has 1 aromatic rings. The van der Waals surface area contributed by atoms with E-state index >= 15 is 0 Å². The first-order valence-corrected chi connectivity index (χ1v) is 5.86. The lowest BCUT2D eigenvalue weighted by atomic mass is 10.1. The van der Waals surface area contributed by atoms with Crippen molar-refractivity contribution < 1.29 is 9.90 Å². The number of benzene rings is 1. The lowest BCUT2D eigenvalue weighted by molar-refractivity contribution is 0.0727. The number of nitrogens with zero attached hydrogens (tertiary/aromatic N) is 1. The minimum Gasteiger partial charge on any atom is -0.506 e. The highest BCUT2D eigenvalue weighted by molar-refractivity contribution is 5.95. The zero-order valence-electron chi connectivity index (χ0n) is 10.2. The molecule has 1 aliphatic carbocycles. The Morgan fingerprint density at radius 1 is 1.53 bits per heavy atom. The minimum atomic E-state index is -0.0697. The van der Waals surface area contributed by atoms with Crippen molar-refractivity contribution in [3.8, 4) is 5.75 Å². The number of nitrogen functional groups attached to an aromatic ring is 1. The van der Waals surface area contributed by atoms with Crippen LogP contribution in [0.4, 0.5) is 5.69 Å². The van der Waals surface area contributed by atoms with Crippen LogP contribution in [0.3, 0.4) is 0 Å². The molecular weight excluding hydrogens is 216 g/mol. The van der Waals surface area contributed by atoms with Crippen LogP contribution in [0.5, 0.6) is 5.75 Å². The highest BCUT2D eigenvalue weighted by Gasteiger charge is 2.32. The molecule has 1 amide bonds. The summed E-state index contributed by atoms with van der Waals surface area (Å²) in [7, 11) is 1.80. The maximum atomic E-state index is 12.2. The SMILES string of the molecule is CC(C1CC1)N(C)C(=O)c1ccc(N)c(O)c1. The zero-order valence-corrected chi connectivity index (χ0v) is 10.2. The van der Waals surface area contributed by atoms with Crippen LogP contribution in [0.15, 0.2) is 18.2 Å². The van der Waals surface area contributed by atoms with Crippen LogP contribution in [0.1, 0.15) is 30.1 Å². The molecule has 17 heavy (non-hydrogen) atoms. The van der Waals surface area contributed by atoms with E-state index in [-0.39, 0.29) is 17.7 Å². The number of hydrogen-bond donors (Lipinski definition) is 2. The third-order valence-electron chi connectivity index (χ3n) is 3.51. The van der Waals surface area contributed by atoms with Crippen molar-refractivity contribution in [1.29, 1.82) is 0 Å². The monoisotopic (exact) mass is 234 g/mol. The Balaban J connectivity index is 2.15. The number of carbonyl (C=O) groups excluding carboxylic acids is 1. The van der Waals surface area contributed by atoms with Gasteiger partial charge in [-0.25, -0.2) is 0 Å². The number of amides is 1. The van der Waals surface area contributed by atoms with Gasteiger partial charge in [-0.3, -0.25) is 4.79 Å². The highest BCUT2D eigenvalue weighted by Crippen LogP contribution is 2.35. The molecule has 1 aromatic carbocycles. The maximum absolute atomic E-state index is 12.2. The first-order chi connectivity index (χ1) is 8.00. The van der Waals surface area contributed by atoms with Crippen molar-refractivity contribution in [2.24, 2.45) is 5.92 Å². The third-order valence-corrected chi connectivity index (χ3v) is 3.51. The molecule has 0 radical (unpaired) electrons. The lowest BCUT2D eigenvalue weighted by Gasteiger charge is -2.25. The van der Waals surface area contributed by atoms with Crippen molar-refractivity contribution in [1.82, 2.24) is 4.90 Å². The van der Waals surface area contributed by atoms with Crippen molar-refractivity contribution in [2.75, 3.05) is 12.8 Å². The van der Waals surface area contributed by atoms with E-state index in [0.29, 0.717) is 17.2 Å².